The molecule has 1 aromatic carbocycles. The lowest BCUT2D eigenvalue weighted by atomic mass is 9.84. The fraction of sp³-hybridized carbons (Fsp3) is 0.500. The van der Waals surface area contributed by atoms with Crippen LogP contribution in [0.25, 0.3) is 5.76 Å². The van der Waals surface area contributed by atoms with Crippen LogP contribution in [0, 0.1) is 5.41 Å². The molecule has 0 atom stereocenters. The van der Waals surface area contributed by atoms with Crippen LogP contribution in [-0.2, 0) is 9.47 Å². The summed E-state index contributed by atoms with van der Waals surface area (Å²) in [4.78, 5) is 0. The first-order valence-corrected chi connectivity index (χ1v) is 6.55. The summed E-state index contributed by atoms with van der Waals surface area (Å²) in [7, 11) is 1.65. The molecule has 0 aliphatic rings. The van der Waals surface area contributed by atoms with Crippen LogP contribution in [0.1, 0.15) is 33.3 Å². The molecule has 3 heteroatoms. The van der Waals surface area contributed by atoms with Gasteiger partial charge in [0.25, 0.3) is 0 Å². The largest absolute Gasteiger partial charge is 0.508 e. The van der Waals surface area contributed by atoms with Gasteiger partial charge in [-0.1, -0.05) is 32.9 Å². The van der Waals surface area contributed by atoms with E-state index < -0.39 is 0 Å². The SMILES string of the molecule is CCOC/C(=C(/OC)c1cccc(O)c1)C(C)(C)C. The van der Waals surface area contributed by atoms with Crippen LogP contribution in [0.15, 0.2) is 29.8 Å². The third kappa shape index (κ3) is 4.28. The minimum absolute atomic E-state index is 0.0635. The van der Waals surface area contributed by atoms with Crippen molar-refractivity contribution < 1.29 is 14.6 Å². The first-order chi connectivity index (χ1) is 8.90. The van der Waals surface area contributed by atoms with Crippen LogP contribution in [0.4, 0.5) is 0 Å². The molecule has 0 aliphatic carbocycles. The molecule has 0 fully saturated rings. The Kier molecular flexibility index (Phi) is 5.43. The van der Waals surface area contributed by atoms with Gasteiger partial charge in [-0.2, -0.15) is 0 Å². The molecule has 0 unspecified atom stereocenters. The van der Waals surface area contributed by atoms with Crippen molar-refractivity contribution in [2.24, 2.45) is 5.41 Å². The van der Waals surface area contributed by atoms with Crippen molar-refractivity contribution >= 4 is 5.76 Å². The fourth-order valence-corrected chi connectivity index (χ4v) is 1.89. The van der Waals surface area contributed by atoms with Gasteiger partial charge < -0.3 is 14.6 Å². The molecule has 0 saturated heterocycles. The molecule has 0 aromatic heterocycles. The van der Waals surface area contributed by atoms with Crippen molar-refractivity contribution in [1.82, 2.24) is 0 Å². The number of hydrogen-bond donors (Lipinski definition) is 1. The Balaban J connectivity index is 3.29. The van der Waals surface area contributed by atoms with Gasteiger partial charge in [-0.05, 0) is 24.5 Å². The number of ether oxygens (including phenoxy) is 2. The Morgan fingerprint density at radius 3 is 2.42 bits per heavy atom. The molecule has 1 aromatic rings. The maximum absolute atomic E-state index is 9.61. The predicted molar refractivity (Wildman–Crippen MR) is 78.0 cm³/mol. The molecular formula is C16H24O3. The van der Waals surface area contributed by atoms with E-state index in [1.807, 2.05) is 19.1 Å². The first kappa shape index (κ1) is 15.6. The van der Waals surface area contributed by atoms with Gasteiger partial charge >= 0.3 is 0 Å². The van der Waals surface area contributed by atoms with Gasteiger partial charge in [0.1, 0.15) is 11.5 Å². The lowest BCUT2D eigenvalue weighted by molar-refractivity contribution is 0.155. The van der Waals surface area contributed by atoms with Crippen molar-refractivity contribution in [3.8, 4) is 5.75 Å². The van der Waals surface area contributed by atoms with Crippen LogP contribution in [-0.4, -0.2) is 25.4 Å². The molecule has 1 N–H and O–H groups in total. The third-order valence-corrected chi connectivity index (χ3v) is 2.94. The average molecular weight is 264 g/mol. The summed E-state index contributed by atoms with van der Waals surface area (Å²) in [6, 6.07) is 7.09. The van der Waals surface area contributed by atoms with Crippen molar-refractivity contribution in [2.45, 2.75) is 27.7 Å². The second-order valence-corrected chi connectivity index (χ2v) is 5.45. The second-order valence-electron chi connectivity index (χ2n) is 5.45. The molecule has 0 saturated carbocycles. The van der Waals surface area contributed by atoms with E-state index in [0.717, 1.165) is 16.9 Å². The molecule has 0 aliphatic heterocycles. The second kappa shape index (κ2) is 6.62. The number of aromatic hydroxyl groups is 1. The highest BCUT2D eigenvalue weighted by atomic mass is 16.5. The van der Waals surface area contributed by atoms with Crippen molar-refractivity contribution in [3.63, 3.8) is 0 Å². The molecule has 19 heavy (non-hydrogen) atoms. The predicted octanol–water partition coefficient (Wildman–Crippen LogP) is 3.83. The molecule has 106 valence electrons. The van der Waals surface area contributed by atoms with E-state index in [4.69, 9.17) is 9.47 Å². The van der Waals surface area contributed by atoms with Crippen LogP contribution in [0.5, 0.6) is 5.75 Å². The number of hydrogen-bond acceptors (Lipinski definition) is 3. The van der Waals surface area contributed by atoms with E-state index in [1.54, 1.807) is 19.2 Å². The zero-order valence-electron chi connectivity index (χ0n) is 12.5. The van der Waals surface area contributed by atoms with Gasteiger partial charge in [0.15, 0.2) is 0 Å². The standard InChI is InChI=1S/C16H24O3/c1-6-19-11-14(16(2,3)4)15(18-5)12-8-7-9-13(17)10-12/h7-10,17H,6,11H2,1-5H3/b15-14-. The molecule has 0 spiro atoms. The molecule has 0 radical (unpaired) electrons. The smallest absolute Gasteiger partial charge is 0.128 e. The highest BCUT2D eigenvalue weighted by Crippen LogP contribution is 2.34. The first-order valence-electron chi connectivity index (χ1n) is 6.55. The zero-order valence-corrected chi connectivity index (χ0v) is 12.5. The number of phenols is 1. The van der Waals surface area contributed by atoms with Crippen molar-refractivity contribution in [3.05, 3.63) is 35.4 Å². The highest BCUT2D eigenvalue weighted by Gasteiger charge is 2.23. The van der Waals surface area contributed by atoms with Gasteiger partial charge in [-0.25, -0.2) is 0 Å². The molecular weight excluding hydrogens is 240 g/mol. The average Bonchev–Trinajstić information content (AvgIpc) is 2.33. The van der Waals surface area contributed by atoms with E-state index in [9.17, 15) is 5.11 Å². The summed E-state index contributed by atoms with van der Waals surface area (Å²) in [5, 5.41) is 9.61. The van der Waals surface area contributed by atoms with E-state index in [2.05, 4.69) is 20.8 Å². The summed E-state index contributed by atoms with van der Waals surface area (Å²) in [6.45, 7) is 9.55. The van der Waals surface area contributed by atoms with E-state index >= 15 is 0 Å². The van der Waals surface area contributed by atoms with Crippen molar-refractivity contribution in [1.29, 1.82) is 0 Å². The van der Waals surface area contributed by atoms with Gasteiger partial charge in [-0.15, -0.1) is 0 Å². The minimum Gasteiger partial charge on any atom is -0.508 e. The molecule has 0 amide bonds. The number of phenolic OH excluding ortho intramolecular Hbond substituents is 1. The van der Waals surface area contributed by atoms with Gasteiger partial charge in [-0.3, -0.25) is 0 Å². The highest BCUT2D eigenvalue weighted by molar-refractivity contribution is 5.65. The molecule has 0 bridgehead atoms. The van der Waals surface area contributed by atoms with E-state index in [-0.39, 0.29) is 11.2 Å². The Morgan fingerprint density at radius 1 is 1.26 bits per heavy atom. The van der Waals surface area contributed by atoms with Crippen LogP contribution < -0.4 is 0 Å². The maximum atomic E-state index is 9.61. The van der Waals surface area contributed by atoms with Crippen molar-refractivity contribution in [2.75, 3.05) is 20.3 Å². The topological polar surface area (TPSA) is 38.7 Å². The Bertz CT molecular complexity index is 442. The lowest BCUT2D eigenvalue weighted by Crippen LogP contribution is -2.17. The molecule has 3 nitrogen and oxygen atoms in total. The summed E-state index contributed by atoms with van der Waals surface area (Å²) in [5.41, 5.74) is 1.89. The Morgan fingerprint density at radius 2 is 1.95 bits per heavy atom. The minimum atomic E-state index is -0.0635. The monoisotopic (exact) mass is 264 g/mol. The van der Waals surface area contributed by atoms with Crippen LogP contribution >= 0.6 is 0 Å². The van der Waals surface area contributed by atoms with Gasteiger partial charge in [0.05, 0.1) is 13.7 Å². The van der Waals surface area contributed by atoms with Crippen LogP contribution in [0.3, 0.4) is 0 Å². The molecule has 1 rings (SSSR count). The van der Waals surface area contributed by atoms with Gasteiger partial charge in [0.2, 0.25) is 0 Å². The summed E-state index contributed by atoms with van der Waals surface area (Å²) >= 11 is 0. The summed E-state index contributed by atoms with van der Waals surface area (Å²) in [6.07, 6.45) is 0. The number of methoxy groups -OCH3 is 1. The Hall–Kier alpha value is -1.48. The normalized spacial score (nSPS) is 13.1. The maximum Gasteiger partial charge on any atom is 0.128 e. The van der Waals surface area contributed by atoms with E-state index in [0.29, 0.717) is 13.2 Å². The quantitative estimate of drug-likeness (QED) is 0.821. The number of benzene rings is 1. The fourth-order valence-electron chi connectivity index (χ4n) is 1.89. The zero-order chi connectivity index (χ0) is 14.5. The third-order valence-electron chi connectivity index (χ3n) is 2.94. The summed E-state index contributed by atoms with van der Waals surface area (Å²) in [5.74, 6) is 1.01. The number of rotatable bonds is 5. The Labute approximate surface area is 115 Å². The van der Waals surface area contributed by atoms with E-state index in [1.165, 1.54) is 0 Å². The summed E-state index contributed by atoms with van der Waals surface area (Å²) < 4.78 is 11.1. The van der Waals surface area contributed by atoms with Gasteiger partial charge in [0, 0.05) is 17.7 Å². The molecule has 0 heterocycles. The van der Waals surface area contributed by atoms with Crippen LogP contribution in [0.2, 0.25) is 0 Å². The lowest BCUT2D eigenvalue weighted by Gasteiger charge is -2.26.